The van der Waals surface area contributed by atoms with Crippen LogP contribution in [0.5, 0.6) is 0 Å². The SMILES string of the molecule is Cc1ccc(S(=O)(=O)N(C)[C@@H]2CCNC2)c(Cl)c1. The highest BCUT2D eigenvalue weighted by atomic mass is 35.5. The molecule has 100 valence electrons. The molecule has 1 aromatic carbocycles. The lowest BCUT2D eigenvalue weighted by atomic mass is 10.2. The molecule has 1 atom stereocenters. The van der Waals surface area contributed by atoms with E-state index >= 15 is 0 Å². The summed E-state index contributed by atoms with van der Waals surface area (Å²) < 4.78 is 26.4. The molecule has 4 nitrogen and oxygen atoms in total. The Morgan fingerprint density at radius 1 is 1.44 bits per heavy atom. The van der Waals surface area contributed by atoms with Crippen molar-refractivity contribution in [3.8, 4) is 0 Å². The standard InChI is InChI=1S/C12H17ClN2O2S/c1-9-3-4-12(11(13)7-9)18(16,17)15(2)10-5-6-14-8-10/h3-4,7,10,14H,5-6,8H2,1-2H3/t10-/m1/s1. The van der Waals surface area contributed by atoms with Crippen LogP contribution in [0, 0.1) is 6.92 Å². The van der Waals surface area contributed by atoms with Crippen LogP contribution in [0.1, 0.15) is 12.0 Å². The number of aryl methyl sites for hydroxylation is 1. The molecule has 0 unspecified atom stereocenters. The Bertz CT molecular complexity index is 539. The van der Waals surface area contributed by atoms with E-state index in [4.69, 9.17) is 11.6 Å². The van der Waals surface area contributed by atoms with Crippen molar-refractivity contribution in [2.45, 2.75) is 24.3 Å². The average Bonchev–Trinajstić information content (AvgIpc) is 2.80. The number of hydrogen-bond acceptors (Lipinski definition) is 3. The molecule has 1 aliphatic heterocycles. The number of rotatable bonds is 3. The summed E-state index contributed by atoms with van der Waals surface area (Å²) in [5.74, 6) is 0. The van der Waals surface area contributed by atoms with Gasteiger partial charge in [-0.15, -0.1) is 0 Å². The summed E-state index contributed by atoms with van der Waals surface area (Å²) in [5, 5.41) is 3.45. The summed E-state index contributed by atoms with van der Waals surface area (Å²) in [6.45, 7) is 3.43. The van der Waals surface area contributed by atoms with Crippen molar-refractivity contribution in [2.75, 3.05) is 20.1 Å². The first-order chi connectivity index (χ1) is 8.43. The predicted molar refractivity (Wildman–Crippen MR) is 72.4 cm³/mol. The second kappa shape index (κ2) is 5.17. The minimum absolute atomic E-state index is 0.00682. The van der Waals surface area contributed by atoms with Gasteiger partial charge in [-0.25, -0.2) is 8.42 Å². The van der Waals surface area contributed by atoms with Gasteiger partial charge in [-0.05, 0) is 37.6 Å². The lowest BCUT2D eigenvalue weighted by Gasteiger charge is -2.23. The van der Waals surface area contributed by atoms with Gasteiger partial charge in [-0.1, -0.05) is 17.7 Å². The molecule has 1 heterocycles. The molecule has 1 N–H and O–H groups in total. The van der Waals surface area contributed by atoms with Crippen molar-refractivity contribution < 1.29 is 8.42 Å². The van der Waals surface area contributed by atoms with Crippen molar-refractivity contribution in [3.05, 3.63) is 28.8 Å². The second-order valence-corrected chi connectivity index (χ2v) is 6.97. The van der Waals surface area contributed by atoms with Crippen LogP contribution in [0.3, 0.4) is 0 Å². The lowest BCUT2D eigenvalue weighted by Crippen LogP contribution is -2.38. The number of benzene rings is 1. The van der Waals surface area contributed by atoms with Crippen molar-refractivity contribution in [2.24, 2.45) is 0 Å². The molecule has 1 aromatic rings. The summed E-state index contributed by atoms with van der Waals surface area (Å²) in [5.41, 5.74) is 0.948. The molecule has 0 amide bonds. The first kappa shape index (κ1) is 13.8. The van der Waals surface area contributed by atoms with E-state index in [9.17, 15) is 8.42 Å². The smallest absolute Gasteiger partial charge is 0.244 e. The highest BCUT2D eigenvalue weighted by molar-refractivity contribution is 7.89. The lowest BCUT2D eigenvalue weighted by molar-refractivity contribution is 0.388. The molecule has 1 aliphatic rings. The van der Waals surface area contributed by atoms with E-state index in [2.05, 4.69) is 5.32 Å². The molecule has 2 rings (SSSR count). The average molecular weight is 289 g/mol. The van der Waals surface area contributed by atoms with Gasteiger partial charge in [-0.2, -0.15) is 4.31 Å². The summed E-state index contributed by atoms with van der Waals surface area (Å²) in [6.07, 6.45) is 0.833. The number of hydrogen-bond donors (Lipinski definition) is 1. The Labute approximate surface area is 113 Å². The van der Waals surface area contributed by atoms with Gasteiger partial charge in [0.25, 0.3) is 0 Å². The van der Waals surface area contributed by atoms with Gasteiger partial charge in [0.05, 0.1) is 5.02 Å². The van der Waals surface area contributed by atoms with Gasteiger partial charge in [0.15, 0.2) is 0 Å². The topological polar surface area (TPSA) is 49.4 Å². The highest BCUT2D eigenvalue weighted by Crippen LogP contribution is 2.26. The second-order valence-electron chi connectivity index (χ2n) is 4.60. The van der Waals surface area contributed by atoms with Crippen LogP contribution in [0.4, 0.5) is 0 Å². The summed E-state index contributed by atoms with van der Waals surface area (Å²) >= 11 is 6.04. The minimum Gasteiger partial charge on any atom is -0.315 e. The molecule has 1 saturated heterocycles. The summed E-state index contributed by atoms with van der Waals surface area (Å²) in [6, 6.07) is 5.02. The number of likely N-dealkylation sites (N-methyl/N-ethyl adjacent to an activating group) is 1. The number of nitrogens with zero attached hydrogens (tertiary/aromatic N) is 1. The zero-order valence-corrected chi connectivity index (χ0v) is 12.1. The maximum atomic E-state index is 12.5. The van der Waals surface area contributed by atoms with E-state index in [1.807, 2.05) is 6.92 Å². The van der Waals surface area contributed by atoms with Crippen LogP contribution in [0.25, 0.3) is 0 Å². The zero-order valence-electron chi connectivity index (χ0n) is 10.5. The van der Waals surface area contributed by atoms with Crippen molar-refractivity contribution >= 4 is 21.6 Å². The molecular weight excluding hydrogens is 272 g/mol. The highest BCUT2D eigenvalue weighted by Gasteiger charge is 2.31. The largest absolute Gasteiger partial charge is 0.315 e. The third kappa shape index (κ3) is 2.54. The van der Waals surface area contributed by atoms with E-state index in [0.29, 0.717) is 6.54 Å². The summed E-state index contributed by atoms with van der Waals surface area (Å²) in [4.78, 5) is 0.184. The Balaban J connectivity index is 2.35. The van der Waals surface area contributed by atoms with Gasteiger partial charge in [0.2, 0.25) is 10.0 Å². The van der Waals surface area contributed by atoms with E-state index < -0.39 is 10.0 Å². The molecular formula is C12H17ClN2O2S. The van der Waals surface area contributed by atoms with Crippen LogP contribution in [-0.4, -0.2) is 38.9 Å². The Kier molecular flexibility index (Phi) is 3.96. The number of sulfonamides is 1. The molecule has 0 spiro atoms. The van der Waals surface area contributed by atoms with E-state index in [1.54, 1.807) is 25.2 Å². The number of nitrogens with one attached hydrogen (secondary N) is 1. The molecule has 0 aromatic heterocycles. The normalized spacial score (nSPS) is 20.6. The van der Waals surface area contributed by atoms with Crippen LogP contribution in [0.15, 0.2) is 23.1 Å². The van der Waals surface area contributed by atoms with Crippen molar-refractivity contribution in [1.82, 2.24) is 9.62 Å². The van der Waals surface area contributed by atoms with Crippen LogP contribution >= 0.6 is 11.6 Å². The van der Waals surface area contributed by atoms with Gasteiger partial charge in [0, 0.05) is 19.6 Å². The van der Waals surface area contributed by atoms with E-state index in [1.165, 1.54) is 4.31 Å². The zero-order chi connectivity index (χ0) is 13.3. The van der Waals surface area contributed by atoms with Crippen LogP contribution in [-0.2, 0) is 10.0 Å². The fourth-order valence-electron chi connectivity index (χ4n) is 2.12. The maximum Gasteiger partial charge on any atom is 0.244 e. The minimum atomic E-state index is -3.51. The Morgan fingerprint density at radius 2 is 2.17 bits per heavy atom. The van der Waals surface area contributed by atoms with Crippen LogP contribution < -0.4 is 5.32 Å². The molecule has 0 saturated carbocycles. The molecule has 0 radical (unpaired) electrons. The fourth-order valence-corrected chi connectivity index (χ4v) is 4.07. The molecule has 0 bridgehead atoms. The fraction of sp³-hybridized carbons (Fsp3) is 0.500. The first-order valence-electron chi connectivity index (χ1n) is 5.88. The predicted octanol–water partition coefficient (Wildman–Crippen LogP) is 1.63. The van der Waals surface area contributed by atoms with Crippen molar-refractivity contribution in [1.29, 1.82) is 0 Å². The van der Waals surface area contributed by atoms with Gasteiger partial charge >= 0.3 is 0 Å². The van der Waals surface area contributed by atoms with Gasteiger partial charge in [0.1, 0.15) is 4.90 Å². The first-order valence-corrected chi connectivity index (χ1v) is 7.69. The van der Waals surface area contributed by atoms with E-state index in [-0.39, 0.29) is 16.0 Å². The van der Waals surface area contributed by atoms with Gasteiger partial charge in [-0.3, -0.25) is 0 Å². The number of halogens is 1. The molecule has 18 heavy (non-hydrogen) atoms. The molecule has 1 fully saturated rings. The monoisotopic (exact) mass is 288 g/mol. The third-order valence-corrected chi connectivity index (χ3v) is 5.69. The van der Waals surface area contributed by atoms with Crippen LogP contribution in [0.2, 0.25) is 5.02 Å². The Morgan fingerprint density at radius 3 is 2.72 bits per heavy atom. The third-order valence-electron chi connectivity index (χ3n) is 3.29. The molecule has 0 aliphatic carbocycles. The Hall–Kier alpha value is -0.620. The van der Waals surface area contributed by atoms with Gasteiger partial charge < -0.3 is 5.32 Å². The maximum absolute atomic E-state index is 12.5. The summed E-state index contributed by atoms with van der Waals surface area (Å²) in [7, 11) is -1.89. The van der Waals surface area contributed by atoms with E-state index in [0.717, 1.165) is 18.5 Å². The molecule has 6 heteroatoms. The van der Waals surface area contributed by atoms with Crippen molar-refractivity contribution in [3.63, 3.8) is 0 Å². The quantitative estimate of drug-likeness (QED) is 0.920.